The number of carbonyl (C=O) groups is 1. The minimum Gasteiger partial charge on any atom is -0.340 e. The Morgan fingerprint density at radius 2 is 2.03 bits per heavy atom. The van der Waals surface area contributed by atoms with E-state index in [2.05, 4.69) is 15.3 Å². The maximum atomic E-state index is 13.4. The van der Waals surface area contributed by atoms with E-state index in [0.29, 0.717) is 13.0 Å². The summed E-state index contributed by atoms with van der Waals surface area (Å²) in [6.07, 6.45) is 2.03. The first-order valence-corrected chi connectivity index (χ1v) is 10.6. The van der Waals surface area contributed by atoms with Crippen molar-refractivity contribution >= 4 is 28.3 Å². The predicted octanol–water partition coefficient (Wildman–Crippen LogP) is 3.21. The molecule has 0 saturated carbocycles. The number of aromatic amines is 1. The maximum Gasteiger partial charge on any atom is 0.329 e. The molecule has 0 fully saturated rings. The van der Waals surface area contributed by atoms with E-state index >= 15 is 0 Å². The van der Waals surface area contributed by atoms with Crippen molar-refractivity contribution in [1.29, 1.82) is 0 Å². The van der Waals surface area contributed by atoms with Crippen molar-refractivity contribution in [3.05, 3.63) is 96.7 Å². The van der Waals surface area contributed by atoms with Gasteiger partial charge < -0.3 is 5.32 Å². The molecular weight excluding hydrogens is 419 g/mol. The molecule has 0 spiro atoms. The van der Waals surface area contributed by atoms with Crippen LogP contribution in [0.25, 0.3) is 11.0 Å². The summed E-state index contributed by atoms with van der Waals surface area (Å²) < 4.78 is 14.8. The molecule has 7 nitrogen and oxygen atoms in total. The number of nitrogens with zero attached hydrogens (tertiary/aromatic N) is 2. The van der Waals surface area contributed by atoms with E-state index in [-0.39, 0.29) is 22.4 Å². The van der Waals surface area contributed by atoms with E-state index in [4.69, 9.17) is 0 Å². The van der Waals surface area contributed by atoms with Crippen molar-refractivity contribution in [3.63, 3.8) is 0 Å². The largest absolute Gasteiger partial charge is 0.340 e. The lowest BCUT2D eigenvalue weighted by Gasteiger charge is -2.18. The number of thiophene rings is 1. The SMILES string of the molecule is CCCn1c(=O)[nH]c(=O)c2cc(C(=O)N[C@H](c3ccc(F)cc3)c3cccs3)cnc21. The van der Waals surface area contributed by atoms with Crippen LogP contribution in [0.5, 0.6) is 0 Å². The molecule has 9 heteroatoms. The average Bonchev–Trinajstić information content (AvgIpc) is 3.30. The van der Waals surface area contributed by atoms with Gasteiger partial charge >= 0.3 is 5.69 Å². The van der Waals surface area contributed by atoms with Crippen molar-refractivity contribution in [3.8, 4) is 0 Å². The molecule has 0 aliphatic carbocycles. The van der Waals surface area contributed by atoms with Crippen molar-refractivity contribution in [1.82, 2.24) is 19.9 Å². The molecule has 158 valence electrons. The van der Waals surface area contributed by atoms with Crippen molar-refractivity contribution in [2.75, 3.05) is 0 Å². The van der Waals surface area contributed by atoms with Crippen LogP contribution in [0.15, 0.2) is 63.6 Å². The third kappa shape index (κ3) is 4.17. The summed E-state index contributed by atoms with van der Waals surface area (Å²) in [7, 11) is 0. The second-order valence-corrected chi connectivity index (χ2v) is 7.96. The molecule has 0 saturated heterocycles. The molecule has 4 aromatic rings. The summed E-state index contributed by atoms with van der Waals surface area (Å²) in [6.45, 7) is 2.31. The Balaban J connectivity index is 1.72. The molecule has 1 atom stereocenters. The first kappa shape index (κ1) is 20.7. The smallest absolute Gasteiger partial charge is 0.329 e. The Morgan fingerprint density at radius 3 is 2.71 bits per heavy atom. The number of halogens is 1. The molecule has 0 unspecified atom stereocenters. The monoisotopic (exact) mass is 438 g/mol. The van der Waals surface area contributed by atoms with Crippen LogP contribution in [0, 0.1) is 5.82 Å². The minimum absolute atomic E-state index is 0.162. The Labute approximate surface area is 180 Å². The molecule has 4 rings (SSSR count). The normalized spacial score (nSPS) is 12.1. The van der Waals surface area contributed by atoms with Gasteiger partial charge in [-0.25, -0.2) is 14.2 Å². The Morgan fingerprint density at radius 1 is 1.26 bits per heavy atom. The molecule has 3 heterocycles. The first-order valence-electron chi connectivity index (χ1n) is 9.70. The summed E-state index contributed by atoms with van der Waals surface area (Å²) in [5.74, 6) is -0.805. The van der Waals surface area contributed by atoms with Gasteiger partial charge in [0.2, 0.25) is 0 Å². The number of aromatic nitrogens is 3. The standard InChI is InChI=1S/C22H19FN4O3S/c1-2-9-27-19-16(21(29)26-22(27)30)11-14(12-24-19)20(28)25-18(17-4-3-10-31-17)13-5-7-15(23)8-6-13/h3-8,10-12,18H,2,9H2,1H3,(H,25,28)(H,26,29,30)/t18-/m1/s1. The van der Waals surface area contributed by atoms with E-state index in [9.17, 15) is 18.8 Å². The lowest BCUT2D eigenvalue weighted by molar-refractivity contribution is 0.0943. The number of nitrogens with one attached hydrogen (secondary N) is 2. The van der Waals surface area contributed by atoms with Gasteiger partial charge in [0.1, 0.15) is 11.5 Å². The van der Waals surface area contributed by atoms with Gasteiger partial charge in [0.15, 0.2) is 0 Å². The zero-order valence-corrected chi connectivity index (χ0v) is 17.4. The van der Waals surface area contributed by atoms with Gasteiger partial charge in [-0.05, 0) is 41.6 Å². The van der Waals surface area contributed by atoms with Gasteiger partial charge in [0, 0.05) is 17.6 Å². The van der Waals surface area contributed by atoms with E-state index in [1.54, 1.807) is 12.1 Å². The lowest BCUT2D eigenvalue weighted by Crippen LogP contribution is -2.32. The van der Waals surface area contributed by atoms with E-state index < -0.39 is 23.2 Å². The highest BCUT2D eigenvalue weighted by molar-refractivity contribution is 7.10. The van der Waals surface area contributed by atoms with Gasteiger partial charge in [0.25, 0.3) is 11.5 Å². The highest BCUT2D eigenvalue weighted by atomic mass is 32.1. The Bertz CT molecular complexity index is 1340. The molecule has 31 heavy (non-hydrogen) atoms. The van der Waals surface area contributed by atoms with Gasteiger partial charge in [0.05, 0.1) is 17.0 Å². The van der Waals surface area contributed by atoms with E-state index in [1.807, 2.05) is 24.4 Å². The zero-order valence-electron chi connectivity index (χ0n) is 16.6. The van der Waals surface area contributed by atoms with E-state index in [0.717, 1.165) is 10.4 Å². The molecule has 0 aliphatic rings. The van der Waals surface area contributed by atoms with Crippen LogP contribution in [-0.4, -0.2) is 20.4 Å². The molecule has 1 aromatic carbocycles. The van der Waals surface area contributed by atoms with Crippen molar-refractivity contribution < 1.29 is 9.18 Å². The number of carbonyl (C=O) groups excluding carboxylic acids is 1. The highest BCUT2D eigenvalue weighted by Gasteiger charge is 2.20. The van der Waals surface area contributed by atoms with Crippen LogP contribution in [0.4, 0.5) is 4.39 Å². The van der Waals surface area contributed by atoms with Crippen LogP contribution in [0.3, 0.4) is 0 Å². The molecule has 0 radical (unpaired) electrons. The number of H-pyrrole nitrogens is 1. The topological polar surface area (TPSA) is 96.9 Å². The number of fused-ring (bicyclic) bond motifs is 1. The molecule has 2 N–H and O–H groups in total. The molecule has 0 bridgehead atoms. The Hall–Kier alpha value is -3.59. The number of hydrogen-bond acceptors (Lipinski definition) is 5. The fourth-order valence-electron chi connectivity index (χ4n) is 3.37. The van der Waals surface area contributed by atoms with Crippen LogP contribution in [-0.2, 0) is 6.54 Å². The van der Waals surface area contributed by atoms with Crippen molar-refractivity contribution in [2.24, 2.45) is 0 Å². The predicted molar refractivity (Wildman–Crippen MR) is 117 cm³/mol. The molecule has 1 amide bonds. The Kier molecular flexibility index (Phi) is 5.77. The second-order valence-electron chi connectivity index (χ2n) is 6.98. The van der Waals surface area contributed by atoms with Crippen LogP contribution in [0.2, 0.25) is 0 Å². The van der Waals surface area contributed by atoms with Crippen molar-refractivity contribution in [2.45, 2.75) is 25.9 Å². The van der Waals surface area contributed by atoms with E-state index in [1.165, 1.54) is 40.3 Å². The third-order valence-corrected chi connectivity index (χ3v) is 5.79. The number of aryl methyl sites for hydroxylation is 1. The summed E-state index contributed by atoms with van der Waals surface area (Å²) >= 11 is 1.46. The number of hydrogen-bond donors (Lipinski definition) is 2. The summed E-state index contributed by atoms with van der Waals surface area (Å²) in [5, 5.41) is 4.99. The van der Waals surface area contributed by atoms with Gasteiger partial charge in [-0.15, -0.1) is 11.3 Å². The average molecular weight is 438 g/mol. The number of pyridine rings is 1. The number of amides is 1. The zero-order chi connectivity index (χ0) is 22.0. The van der Waals surface area contributed by atoms with Gasteiger partial charge in [-0.3, -0.25) is 19.1 Å². The quantitative estimate of drug-likeness (QED) is 0.483. The lowest BCUT2D eigenvalue weighted by atomic mass is 10.0. The van der Waals surface area contributed by atoms with Crippen LogP contribution >= 0.6 is 11.3 Å². The number of benzene rings is 1. The fraction of sp³-hybridized carbons (Fsp3) is 0.182. The molecule has 0 aliphatic heterocycles. The van der Waals surface area contributed by atoms with Crippen LogP contribution in [0.1, 0.15) is 40.2 Å². The maximum absolute atomic E-state index is 13.4. The summed E-state index contributed by atoms with van der Waals surface area (Å²) in [6, 6.07) is 10.6. The van der Waals surface area contributed by atoms with Crippen LogP contribution < -0.4 is 16.6 Å². The third-order valence-electron chi connectivity index (χ3n) is 4.85. The summed E-state index contributed by atoms with van der Waals surface area (Å²) in [4.78, 5) is 44.8. The molecule has 3 aromatic heterocycles. The van der Waals surface area contributed by atoms with Gasteiger partial charge in [-0.2, -0.15) is 0 Å². The fourth-order valence-corrected chi connectivity index (χ4v) is 4.17. The number of rotatable bonds is 6. The molecular formula is C22H19FN4O3S. The van der Waals surface area contributed by atoms with Gasteiger partial charge in [-0.1, -0.05) is 25.1 Å². The summed E-state index contributed by atoms with van der Waals surface area (Å²) in [5.41, 5.74) is 0.0189. The first-order chi connectivity index (χ1) is 15.0. The minimum atomic E-state index is -0.595. The second kappa shape index (κ2) is 8.65. The highest BCUT2D eigenvalue weighted by Crippen LogP contribution is 2.26.